The molecular weight excluding hydrogens is 284 g/mol. The van der Waals surface area contributed by atoms with E-state index in [1.807, 2.05) is 18.2 Å². The van der Waals surface area contributed by atoms with Gasteiger partial charge in [0.25, 0.3) is 0 Å². The van der Waals surface area contributed by atoms with E-state index >= 15 is 0 Å². The number of hydrogen-bond acceptors (Lipinski definition) is 3. The second-order valence-electron chi connectivity index (χ2n) is 5.09. The highest BCUT2D eigenvalue weighted by molar-refractivity contribution is 7.89. The highest BCUT2D eigenvalue weighted by Gasteiger charge is 2.16. The van der Waals surface area contributed by atoms with Gasteiger partial charge in [0.15, 0.2) is 0 Å². The van der Waals surface area contributed by atoms with E-state index in [9.17, 15) is 8.42 Å². The van der Waals surface area contributed by atoms with Crippen molar-refractivity contribution in [2.45, 2.75) is 17.9 Å². The summed E-state index contributed by atoms with van der Waals surface area (Å²) in [7, 11) is -0.315. The van der Waals surface area contributed by atoms with Gasteiger partial charge in [-0.1, -0.05) is 30.3 Å². The van der Waals surface area contributed by atoms with Crippen molar-refractivity contribution in [3.05, 3.63) is 60.2 Å². The molecule has 2 aromatic carbocycles. The molecule has 5 heteroatoms. The van der Waals surface area contributed by atoms with Crippen LogP contribution >= 0.6 is 0 Å². The number of rotatable bonds is 5. The number of sulfonamides is 1. The molecule has 2 rings (SSSR count). The van der Waals surface area contributed by atoms with E-state index in [1.165, 1.54) is 24.0 Å². The molecule has 1 unspecified atom stereocenters. The maximum Gasteiger partial charge on any atom is 0.242 e. The van der Waals surface area contributed by atoms with Crippen LogP contribution in [0.3, 0.4) is 0 Å². The zero-order valence-corrected chi connectivity index (χ0v) is 13.3. The predicted molar refractivity (Wildman–Crippen MR) is 85.8 cm³/mol. The van der Waals surface area contributed by atoms with Gasteiger partial charge in [-0.3, -0.25) is 0 Å². The second-order valence-corrected chi connectivity index (χ2v) is 7.24. The molecule has 0 heterocycles. The second kappa shape index (κ2) is 6.28. The summed E-state index contributed by atoms with van der Waals surface area (Å²) in [4.78, 5) is 0.297. The summed E-state index contributed by atoms with van der Waals surface area (Å²) in [5, 5.41) is 3.36. The van der Waals surface area contributed by atoms with Crippen molar-refractivity contribution in [2.75, 3.05) is 19.4 Å². The SMILES string of the molecule is CC(Nc1ccc(S(=O)(=O)N(C)C)cc1)c1ccccc1. The third-order valence-corrected chi connectivity index (χ3v) is 5.14. The molecule has 1 atom stereocenters. The Balaban J connectivity index is 2.14. The van der Waals surface area contributed by atoms with Crippen LogP contribution in [0, 0.1) is 0 Å². The van der Waals surface area contributed by atoms with Gasteiger partial charge in [0.05, 0.1) is 4.90 Å². The van der Waals surface area contributed by atoms with E-state index in [0.717, 1.165) is 5.69 Å². The van der Waals surface area contributed by atoms with Crippen LogP contribution in [-0.4, -0.2) is 26.8 Å². The van der Waals surface area contributed by atoms with Gasteiger partial charge in [-0.25, -0.2) is 12.7 Å². The van der Waals surface area contributed by atoms with Gasteiger partial charge in [0.2, 0.25) is 10.0 Å². The molecule has 112 valence electrons. The van der Waals surface area contributed by atoms with Crippen LogP contribution < -0.4 is 5.32 Å². The molecule has 21 heavy (non-hydrogen) atoms. The lowest BCUT2D eigenvalue weighted by Crippen LogP contribution is -2.22. The Bertz CT molecular complexity index is 680. The molecule has 0 aliphatic rings. The molecule has 0 saturated carbocycles. The minimum atomic E-state index is -3.37. The van der Waals surface area contributed by atoms with Crippen LogP contribution in [0.4, 0.5) is 5.69 Å². The number of nitrogens with one attached hydrogen (secondary N) is 1. The summed E-state index contributed by atoms with van der Waals surface area (Å²) in [6.45, 7) is 2.07. The highest BCUT2D eigenvalue weighted by atomic mass is 32.2. The molecule has 0 aromatic heterocycles. The van der Waals surface area contributed by atoms with E-state index in [0.29, 0.717) is 4.90 Å². The molecule has 0 aliphatic carbocycles. The predicted octanol–water partition coefficient (Wildman–Crippen LogP) is 3.11. The van der Waals surface area contributed by atoms with Crippen LogP contribution in [0.15, 0.2) is 59.5 Å². The Morgan fingerprint density at radius 3 is 2.05 bits per heavy atom. The molecule has 4 nitrogen and oxygen atoms in total. The Morgan fingerprint density at radius 1 is 0.952 bits per heavy atom. The fourth-order valence-corrected chi connectivity index (χ4v) is 2.91. The summed E-state index contributed by atoms with van der Waals surface area (Å²) < 4.78 is 25.2. The first-order valence-electron chi connectivity index (χ1n) is 6.75. The van der Waals surface area contributed by atoms with Crippen molar-refractivity contribution in [3.63, 3.8) is 0 Å². The minimum absolute atomic E-state index is 0.155. The Hall–Kier alpha value is -1.85. The molecule has 2 aromatic rings. The van der Waals surface area contributed by atoms with Crippen LogP contribution in [0.1, 0.15) is 18.5 Å². The van der Waals surface area contributed by atoms with Crippen molar-refractivity contribution in [3.8, 4) is 0 Å². The lowest BCUT2D eigenvalue weighted by Gasteiger charge is -2.16. The van der Waals surface area contributed by atoms with Crippen LogP contribution in [0.5, 0.6) is 0 Å². The van der Waals surface area contributed by atoms with Crippen molar-refractivity contribution in [2.24, 2.45) is 0 Å². The highest BCUT2D eigenvalue weighted by Crippen LogP contribution is 2.21. The summed E-state index contributed by atoms with van der Waals surface area (Å²) in [5.74, 6) is 0. The quantitative estimate of drug-likeness (QED) is 0.923. The number of hydrogen-bond donors (Lipinski definition) is 1. The first kappa shape index (κ1) is 15.5. The van der Waals surface area contributed by atoms with E-state index in [1.54, 1.807) is 24.3 Å². The van der Waals surface area contributed by atoms with Gasteiger partial charge in [-0.05, 0) is 36.8 Å². The third-order valence-electron chi connectivity index (χ3n) is 3.32. The Kier molecular flexibility index (Phi) is 4.65. The topological polar surface area (TPSA) is 49.4 Å². The van der Waals surface area contributed by atoms with E-state index < -0.39 is 10.0 Å². The molecule has 0 radical (unpaired) electrons. The summed E-state index contributed by atoms with van der Waals surface area (Å²) in [6.07, 6.45) is 0. The molecule has 0 saturated heterocycles. The molecule has 0 spiro atoms. The zero-order chi connectivity index (χ0) is 15.5. The molecule has 0 bridgehead atoms. The minimum Gasteiger partial charge on any atom is -0.379 e. The zero-order valence-electron chi connectivity index (χ0n) is 12.4. The van der Waals surface area contributed by atoms with Crippen LogP contribution in [0.2, 0.25) is 0 Å². The van der Waals surface area contributed by atoms with Crippen molar-refractivity contribution >= 4 is 15.7 Å². The Morgan fingerprint density at radius 2 is 1.52 bits per heavy atom. The van der Waals surface area contributed by atoms with E-state index in [2.05, 4.69) is 24.4 Å². The molecule has 0 amide bonds. The Labute approximate surface area is 126 Å². The number of benzene rings is 2. The number of anilines is 1. The van der Waals surface area contributed by atoms with Gasteiger partial charge < -0.3 is 5.32 Å². The van der Waals surface area contributed by atoms with Gasteiger partial charge in [0.1, 0.15) is 0 Å². The fourth-order valence-electron chi connectivity index (χ4n) is 2.01. The maximum absolute atomic E-state index is 12.0. The first-order valence-corrected chi connectivity index (χ1v) is 8.19. The largest absolute Gasteiger partial charge is 0.379 e. The lowest BCUT2D eigenvalue weighted by molar-refractivity contribution is 0.521. The van der Waals surface area contributed by atoms with Crippen LogP contribution in [-0.2, 0) is 10.0 Å². The standard InChI is InChI=1S/C16H20N2O2S/c1-13(14-7-5-4-6-8-14)17-15-9-11-16(12-10-15)21(19,20)18(2)3/h4-13,17H,1-3H3. The van der Waals surface area contributed by atoms with Gasteiger partial charge in [-0.2, -0.15) is 0 Å². The van der Waals surface area contributed by atoms with Crippen LogP contribution in [0.25, 0.3) is 0 Å². The lowest BCUT2D eigenvalue weighted by atomic mass is 10.1. The van der Waals surface area contributed by atoms with E-state index in [4.69, 9.17) is 0 Å². The average Bonchev–Trinajstić information content (AvgIpc) is 2.48. The molecule has 0 aliphatic heterocycles. The van der Waals surface area contributed by atoms with Gasteiger partial charge >= 0.3 is 0 Å². The molecule has 0 fully saturated rings. The first-order chi connectivity index (χ1) is 9.91. The maximum atomic E-state index is 12.0. The van der Waals surface area contributed by atoms with Crippen molar-refractivity contribution in [1.82, 2.24) is 4.31 Å². The number of nitrogens with zero attached hydrogens (tertiary/aromatic N) is 1. The van der Waals surface area contributed by atoms with Crippen molar-refractivity contribution < 1.29 is 8.42 Å². The molecule has 1 N–H and O–H groups in total. The fraction of sp³-hybridized carbons (Fsp3) is 0.250. The summed E-state index contributed by atoms with van der Waals surface area (Å²) in [6, 6.07) is 17.1. The molecular formula is C16H20N2O2S. The average molecular weight is 304 g/mol. The summed E-state index contributed by atoms with van der Waals surface area (Å²) >= 11 is 0. The van der Waals surface area contributed by atoms with Crippen molar-refractivity contribution in [1.29, 1.82) is 0 Å². The monoisotopic (exact) mass is 304 g/mol. The van der Waals surface area contributed by atoms with Gasteiger partial charge in [-0.15, -0.1) is 0 Å². The normalized spacial score (nSPS) is 13.1. The summed E-state index contributed by atoms with van der Waals surface area (Å²) in [5.41, 5.74) is 2.08. The third kappa shape index (κ3) is 3.62. The van der Waals surface area contributed by atoms with E-state index in [-0.39, 0.29) is 6.04 Å². The smallest absolute Gasteiger partial charge is 0.242 e. The van der Waals surface area contributed by atoms with Gasteiger partial charge in [0, 0.05) is 25.8 Å².